The summed E-state index contributed by atoms with van der Waals surface area (Å²) in [4.78, 5) is 30.8. The first-order chi connectivity index (χ1) is 13.7. The Morgan fingerprint density at radius 2 is 1.75 bits per heavy atom. The number of para-hydroxylation sites is 2. The van der Waals surface area contributed by atoms with Gasteiger partial charge in [0, 0.05) is 5.39 Å². The third-order valence-corrected chi connectivity index (χ3v) is 5.21. The first kappa shape index (κ1) is 17.9. The Morgan fingerprint density at radius 1 is 0.964 bits per heavy atom. The number of fused-ring (bicyclic) bond motifs is 1. The lowest BCUT2D eigenvalue weighted by Crippen LogP contribution is -2.16. The Labute approximate surface area is 165 Å². The Morgan fingerprint density at radius 3 is 2.54 bits per heavy atom. The SMILES string of the molecule is COC(=O)c1ccccc1NC(=O)c1cc(-c2cccs2)nc2ccccc12. The molecule has 0 aliphatic heterocycles. The van der Waals surface area contributed by atoms with Gasteiger partial charge in [0.1, 0.15) is 0 Å². The molecule has 6 heteroatoms. The number of rotatable bonds is 4. The van der Waals surface area contributed by atoms with Crippen molar-refractivity contribution in [2.45, 2.75) is 0 Å². The van der Waals surface area contributed by atoms with Crippen molar-refractivity contribution in [3.05, 3.63) is 83.2 Å². The van der Waals surface area contributed by atoms with Gasteiger partial charge in [-0.05, 0) is 35.7 Å². The zero-order valence-electron chi connectivity index (χ0n) is 15.0. The van der Waals surface area contributed by atoms with E-state index in [1.54, 1.807) is 41.7 Å². The van der Waals surface area contributed by atoms with Crippen LogP contribution in [-0.4, -0.2) is 24.0 Å². The summed E-state index contributed by atoms with van der Waals surface area (Å²) in [6.07, 6.45) is 0. The van der Waals surface area contributed by atoms with Gasteiger partial charge in [-0.15, -0.1) is 11.3 Å². The maximum Gasteiger partial charge on any atom is 0.339 e. The van der Waals surface area contributed by atoms with Gasteiger partial charge >= 0.3 is 5.97 Å². The van der Waals surface area contributed by atoms with Crippen LogP contribution in [0.4, 0.5) is 5.69 Å². The summed E-state index contributed by atoms with van der Waals surface area (Å²) in [5.41, 5.74) is 2.67. The molecule has 5 nitrogen and oxygen atoms in total. The average Bonchev–Trinajstić information content (AvgIpc) is 3.27. The second kappa shape index (κ2) is 7.62. The van der Waals surface area contributed by atoms with E-state index in [4.69, 9.17) is 4.74 Å². The number of nitrogens with one attached hydrogen (secondary N) is 1. The van der Waals surface area contributed by atoms with Gasteiger partial charge in [-0.1, -0.05) is 36.4 Å². The molecule has 0 bridgehead atoms. The number of benzene rings is 2. The van der Waals surface area contributed by atoms with Crippen LogP contribution in [0.25, 0.3) is 21.5 Å². The topological polar surface area (TPSA) is 68.3 Å². The van der Waals surface area contributed by atoms with Gasteiger partial charge in [-0.2, -0.15) is 0 Å². The molecule has 0 aliphatic rings. The van der Waals surface area contributed by atoms with E-state index in [-0.39, 0.29) is 5.91 Å². The maximum absolute atomic E-state index is 13.1. The van der Waals surface area contributed by atoms with E-state index in [1.807, 2.05) is 41.8 Å². The van der Waals surface area contributed by atoms with Crippen molar-refractivity contribution in [3.8, 4) is 10.6 Å². The normalized spacial score (nSPS) is 10.6. The lowest BCUT2D eigenvalue weighted by molar-refractivity contribution is 0.0602. The number of aromatic nitrogens is 1. The molecule has 0 atom stereocenters. The van der Waals surface area contributed by atoms with Gasteiger partial charge in [0.15, 0.2) is 0 Å². The quantitative estimate of drug-likeness (QED) is 0.500. The molecule has 0 radical (unpaired) electrons. The van der Waals surface area contributed by atoms with Gasteiger partial charge in [0.05, 0.1) is 40.0 Å². The van der Waals surface area contributed by atoms with Crippen LogP contribution in [-0.2, 0) is 4.74 Å². The third-order valence-electron chi connectivity index (χ3n) is 4.32. The lowest BCUT2D eigenvalue weighted by atomic mass is 10.1. The maximum atomic E-state index is 13.1. The molecular weight excluding hydrogens is 372 g/mol. The minimum Gasteiger partial charge on any atom is -0.465 e. The summed E-state index contributed by atoms with van der Waals surface area (Å²) < 4.78 is 4.80. The predicted molar refractivity (Wildman–Crippen MR) is 111 cm³/mol. The van der Waals surface area contributed by atoms with Crippen molar-refractivity contribution in [1.82, 2.24) is 4.98 Å². The minimum absolute atomic E-state index is 0.301. The van der Waals surface area contributed by atoms with Crippen molar-refractivity contribution in [2.75, 3.05) is 12.4 Å². The molecule has 2 heterocycles. The lowest BCUT2D eigenvalue weighted by Gasteiger charge is -2.12. The van der Waals surface area contributed by atoms with Crippen molar-refractivity contribution in [2.24, 2.45) is 0 Å². The molecule has 138 valence electrons. The highest BCUT2D eigenvalue weighted by Gasteiger charge is 2.17. The zero-order chi connectivity index (χ0) is 19.5. The fourth-order valence-electron chi connectivity index (χ4n) is 2.98. The van der Waals surface area contributed by atoms with E-state index in [0.717, 1.165) is 21.5 Å². The molecule has 0 saturated heterocycles. The van der Waals surface area contributed by atoms with E-state index in [9.17, 15) is 9.59 Å². The highest BCUT2D eigenvalue weighted by atomic mass is 32.1. The number of hydrogen-bond acceptors (Lipinski definition) is 5. The van der Waals surface area contributed by atoms with Gasteiger partial charge in [-0.25, -0.2) is 9.78 Å². The van der Waals surface area contributed by atoms with Crippen LogP contribution in [0, 0.1) is 0 Å². The fraction of sp³-hybridized carbons (Fsp3) is 0.0455. The van der Waals surface area contributed by atoms with Crippen LogP contribution in [0.3, 0.4) is 0 Å². The third kappa shape index (κ3) is 3.37. The standard InChI is InChI=1S/C22H16N2O3S/c1-27-22(26)15-8-3-5-10-18(15)24-21(25)16-13-19(20-11-6-12-28-20)23-17-9-4-2-7-14(16)17/h2-13H,1H3,(H,24,25). The highest BCUT2D eigenvalue weighted by molar-refractivity contribution is 7.13. The molecule has 2 aromatic carbocycles. The molecule has 0 saturated carbocycles. The number of anilines is 1. The summed E-state index contributed by atoms with van der Waals surface area (Å²) in [5, 5.41) is 5.56. The molecule has 28 heavy (non-hydrogen) atoms. The van der Waals surface area contributed by atoms with Crippen LogP contribution in [0.5, 0.6) is 0 Å². The molecule has 0 spiro atoms. The van der Waals surface area contributed by atoms with E-state index in [0.29, 0.717) is 16.8 Å². The second-order valence-corrected chi connectivity index (χ2v) is 6.99. The summed E-state index contributed by atoms with van der Waals surface area (Å²) in [6.45, 7) is 0. The van der Waals surface area contributed by atoms with Crippen LogP contribution >= 0.6 is 11.3 Å². The molecule has 1 amide bonds. The monoisotopic (exact) mass is 388 g/mol. The minimum atomic E-state index is -0.505. The number of hydrogen-bond donors (Lipinski definition) is 1. The summed E-state index contributed by atoms with van der Waals surface area (Å²) in [5.74, 6) is -0.817. The smallest absolute Gasteiger partial charge is 0.339 e. The highest BCUT2D eigenvalue weighted by Crippen LogP contribution is 2.28. The molecule has 0 fully saturated rings. The van der Waals surface area contributed by atoms with Gasteiger partial charge in [0.2, 0.25) is 0 Å². The fourth-order valence-corrected chi connectivity index (χ4v) is 3.67. The Hall–Kier alpha value is -3.51. The van der Waals surface area contributed by atoms with Gasteiger partial charge < -0.3 is 10.1 Å². The molecule has 4 rings (SSSR count). The number of carbonyl (C=O) groups excluding carboxylic acids is 2. The van der Waals surface area contributed by atoms with Crippen molar-refractivity contribution in [3.63, 3.8) is 0 Å². The van der Waals surface area contributed by atoms with Crippen molar-refractivity contribution >= 4 is 39.8 Å². The van der Waals surface area contributed by atoms with Crippen molar-refractivity contribution < 1.29 is 14.3 Å². The number of methoxy groups -OCH3 is 1. The number of ether oxygens (including phenoxy) is 1. The van der Waals surface area contributed by atoms with Gasteiger partial charge in [0.25, 0.3) is 5.91 Å². The second-order valence-electron chi connectivity index (χ2n) is 6.04. The van der Waals surface area contributed by atoms with E-state index < -0.39 is 5.97 Å². The number of amides is 1. The Bertz CT molecular complexity index is 1170. The number of esters is 1. The first-order valence-corrected chi connectivity index (χ1v) is 9.47. The van der Waals surface area contributed by atoms with E-state index in [2.05, 4.69) is 10.3 Å². The largest absolute Gasteiger partial charge is 0.465 e. The Kier molecular flexibility index (Phi) is 4.87. The zero-order valence-corrected chi connectivity index (χ0v) is 15.8. The number of carbonyl (C=O) groups is 2. The van der Waals surface area contributed by atoms with Crippen LogP contribution < -0.4 is 5.32 Å². The average molecular weight is 388 g/mol. The number of thiophene rings is 1. The molecule has 4 aromatic rings. The number of nitrogens with zero attached hydrogens (tertiary/aromatic N) is 1. The van der Waals surface area contributed by atoms with Gasteiger partial charge in [-0.3, -0.25) is 4.79 Å². The molecule has 0 unspecified atom stereocenters. The molecular formula is C22H16N2O3S. The first-order valence-electron chi connectivity index (χ1n) is 8.60. The van der Waals surface area contributed by atoms with E-state index >= 15 is 0 Å². The molecule has 1 N–H and O–H groups in total. The summed E-state index contributed by atoms with van der Waals surface area (Å²) in [6, 6.07) is 20.0. The Balaban J connectivity index is 1.79. The summed E-state index contributed by atoms with van der Waals surface area (Å²) in [7, 11) is 1.31. The molecule has 2 aromatic heterocycles. The molecule has 0 aliphatic carbocycles. The van der Waals surface area contributed by atoms with E-state index in [1.165, 1.54) is 7.11 Å². The predicted octanol–water partition coefficient (Wildman–Crippen LogP) is 5.00. The van der Waals surface area contributed by atoms with Crippen LogP contribution in [0.1, 0.15) is 20.7 Å². The van der Waals surface area contributed by atoms with Crippen LogP contribution in [0.15, 0.2) is 72.1 Å². The summed E-state index contributed by atoms with van der Waals surface area (Å²) >= 11 is 1.56. The van der Waals surface area contributed by atoms with Crippen LogP contribution in [0.2, 0.25) is 0 Å². The van der Waals surface area contributed by atoms with Crippen molar-refractivity contribution in [1.29, 1.82) is 0 Å². The number of pyridine rings is 1.